The maximum Gasteiger partial charge on any atom is 0.317 e. The molecule has 25 heavy (non-hydrogen) atoms. The molecule has 1 aromatic heterocycles. The van der Waals surface area contributed by atoms with Gasteiger partial charge in [-0.3, -0.25) is 4.79 Å². The summed E-state index contributed by atoms with van der Waals surface area (Å²) in [5, 5.41) is 6.82. The Labute approximate surface area is 148 Å². The van der Waals surface area contributed by atoms with Gasteiger partial charge in [-0.15, -0.1) is 0 Å². The third kappa shape index (κ3) is 4.14. The van der Waals surface area contributed by atoms with Crippen molar-refractivity contribution in [1.82, 2.24) is 20.3 Å². The standard InChI is InChI=1S/C18H28N4O3/c1-13-16(14(2)25-20-13)12-19-18(24)22-10-8-21(9-11-22)17(23)15-6-4-3-5-7-15/h15H,3-12H2,1-2H3,(H,19,24). The van der Waals surface area contributed by atoms with Crippen LogP contribution in [0.3, 0.4) is 0 Å². The quantitative estimate of drug-likeness (QED) is 0.908. The lowest BCUT2D eigenvalue weighted by Crippen LogP contribution is -2.54. The van der Waals surface area contributed by atoms with E-state index in [0.29, 0.717) is 32.7 Å². The van der Waals surface area contributed by atoms with Crippen LogP contribution in [0.2, 0.25) is 0 Å². The second-order valence-corrected chi connectivity index (χ2v) is 7.11. The Morgan fingerprint density at radius 2 is 1.72 bits per heavy atom. The van der Waals surface area contributed by atoms with Crippen LogP contribution in [-0.2, 0) is 11.3 Å². The van der Waals surface area contributed by atoms with E-state index in [-0.39, 0.29) is 17.9 Å². The maximum absolute atomic E-state index is 12.6. The van der Waals surface area contributed by atoms with Gasteiger partial charge in [-0.25, -0.2) is 4.79 Å². The molecule has 1 saturated carbocycles. The first-order valence-corrected chi connectivity index (χ1v) is 9.29. The summed E-state index contributed by atoms with van der Waals surface area (Å²) >= 11 is 0. The van der Waals surface area contributed by atoms with Crippen LogP contribution < -0.4 is 5.32 Å². The molecule has 0 bridgehead atoms. The highest BCUT2D eigenvalue weighted by Crippen LogP contribution is 2.25. The van der Waals surface area contributed by atoms with E-state index >= 15 is 0 Å². The molecule has 2 fully saturated rings. The van der Waals surface area contributed by atoms with Gasteiger partial charge in [0.05, 0.1) is 5.69 Å². The van der Waals surface area contributed by atoms with Crippen molar-refractivity contribution in [3.63, 3.8) is 0 Å². The normalized spacial score (nSPS) is 19.1. The Morgan fingerprint density at radius 3 is 2.32 bits per heavy atom. The molecule has 3 rings (SSSR count). The second kappa shape index (κ2) is 7.89. The molecular weight excluding hydrogens is 320 g/mol. The van der Waals surface area contributed by atoms with E-state index in [2.05, 4.69) is 10.5 Å². The van der Waals surface area contributed by atoms with Crippen LogP contribution in [0.15, 0.2) is 4.52 Å². The Kier molecular flexibility index (Phi) is 5.60. The van der Waals surface area contributed by atoms with Crippen molar-refractivity contribution in [2.45, 2.75) is 52.5 Å². The van der Waals surface area contributed by atoms with Gasteiger partial charge in [-0.2, -0.15) is 0 Å². The van der Waals surface area contributed by atoms with Crippen LogP contribution >= 0.6 is 0 Å². The van der Waals surface area contributed by atoms with E-state index in [1.54, 1.807) is 4.90 Å². The Bertz CT molecular complexity index is 594. The number of rotatable bonds is 3. The summed E-state index contributed by atoms with van der Waals surface area (Å²) in [6, 6.07) is -0.0928. The zero-order valence-electron chi connectivity index (χ0n) is 15.2. The lowest BCUT2D eigenvalue weighted by molar-refractivity contribution is -0.138. The number of carbonyl (C=O) groups is 2. The molecule has 2 aliphatic rings. The smallest absolute Gasteiger partial charge is 0.317 e. The van der Waals surface area contributed by atoms with Gasteiger partial charge in [0.1, 0.15) is 5.76 Å². The number of urea groups is 1. The minimum Gasteiger partial charge on any atom is -0.361 e. The van der Waals surface area contributed by atoms with Gasteiger partial charge in [0.25, 0.3) is 0 Å². The summed E-state index contributed by atoms with van der Waals surface area (Å²) in [5.41, 5.74) is 1.74. The second-order valence-electron chi connectivity index (χ2n) is 7.11. The van der Waals surface area contributed by atoms with Gasteiger partial charge in [-0.1, -0.05) is 24.4 Å². The summed E-state index contributed by atoms with van der Waals surface area (Å²) in [6.45, 7) is 6.58. The fourth-order valence-electron chi connectivity index (χ4n) is 3.77. The lowest BCUT2D eigenvalue weighted by Gasteiger charge is -2.37. The average molecular weight is 348 g/mol. The molecule has 138 valence electrons. The van der Waals surface area contributed by atoms with Crippen LogP contribution in [0.4, 0.5) is 4.79 Å². The predicted octanol–water partition coefficient (Wildman–Crippen LogP) is 2.23. The molecule has 0 unspecified atom stereocenters. The number of amides is 3. The van der Waals surface area contributed by atoms with Crippen molar-refractivity contribution in [2.24, 2.45) is 5.92 Å². The molecule has 0 spiro atoms. The van der Waals surface area contributed by atoms with Crippen molar-refractivity contribution >= 4 is 11.9 Å². The van der Waals surface area contributed by atoms with Crippen molar-refractivity contribution in [2.75, 3.05) is 26.2 Å². The molecule has 2 heterocycles. The van der Waals surface area contributed by atoms with Crippen LogP contribution in [0.25, 0.3) is 0 Å². The Morgan fingerprint density at radius 1 is 1.08 bits per heavy atom. The van der Waals surface area contributed by atoms with E-state index in [9.17, 15) is 9.59 Å². The summed E-state index contributed by atoms with van der Waals surface area (Å²) < 4.78 is 5.11. The molecule has 1 saturated heterocycles. The zero-order chi connectivity index (χ0) is 17.8. The largest absolute Gasteiger partial charge is 0.361 e. The van der Waals surface area contributed by atoms with Crippen molar-refractivity contribution in [1.29, 1.82) is 0 Å². The summed E-state index contributed by atoms with van der Waals surface area (Å²) in [5.74, 6) is 1.23. The number of nitrogens with zero attached hydrogens (tertiary/aromatic N) is 3. The summed E-state index contributed by atoms with van der Waals surface area (Å²) in [7, 11) is 0. The van der Waals surface area contributed by atoms with Gasteiger partial charge >= 0.3 is 6.03 Å². The van der Waals surface area contributed by atoms with Crippen LogP contribution in [0.1, 0.15) is 49.1 Å². The zero-order valence-corrected chi connectivity index (χ0v) is 15.2. The number of carbonyl (C=O) groups excluding carboxylic acids is 2. The third-order valence-electron chi connectivity index (χ3n) is 5.43. The van der Waals surface area contributed by atoms with E-state index < -0.39 is 0 Å². The molecule has 7 nitrogen and oxygen atoms in total. The van der Waals surface area contributed by atoms with Crippen molar-refractivity contribution in [3.05, 3.63) is 17.0 Å². The SMILES string of the molecule is Cc1noc(C)c1CNC(=O)N1CCN(C(=O)C2CCCCC2)CC1. The first-order valence-electron chi connectivity index (χ1n) is 9.29. The van der Waals surface area contributed by atoms with Gasteiger partial charge < -0.3 is 19.6 Å². The minimum absolute atomic E-state index is 0.0928. The number of piperazine rings is 1. The van der Waals surface area contributed by atoms with Gasteiger partial charge in [0, 0.05) is 44.2 Å². The van der Waals surface area contributed by atoms with Gasteiger partial charge in [-0.05, 0) is 26.7 Å². The number of hydrogen-bond donors (Lipinski definition) is 1. The third-order valence-corrected chi connectivity index (χ3v) is 5.43. The fourth-order valence-corrected chi connectivity index (χ4v) is 3.77. The predicted molar refractivity (Wildman–Crippen MR) is 92.9 cm³/mol. The Hall–Kier alpha value is -2.05. The Balaban J connectivity index is 1.45. The molecule has 0 atom stereocenters. The maximum atomic E-state index is 12.6. The van der Waals surface area contributed by atoms with E-state index in [1.165, 1.54) is 19.3 Å². The topological polar surface area (TPSA) is 78.7 Å². The molecule has 1 N–H and O–H groups in total. The monoisotopic (exact) mass is 348 g/mol. The van der Waals surface area contributed by atoms with Gasteiger partial charge in [0.15, 0.2) is 0 Å². The number of hydrogen-bond acceptors (Lipinski definition) is 4. The lowest BCUT2D eigenvalue weighted by atomic mass is 9.88. The van der Waals surface area contributed by atoms with E-state index in [1.807, 2.05) is 18.7 Å². The van der Waals surface area contributed by atoms with Crippen molar-refractivity contribution < 1.29 is 14.1 Å². The molecule has 1 aromatic rings. The van der Waals surface area contributed by atoms with Crippen LogP contribution in [0, 0.1) is 19.8 Å². The fraction of sp³-hybridized carbons (Fsp3) is 0.722. The van der Waals surface area contributed by atoms with Gasteiger partial charge in [0.2, 0.25) is 5.91 Å². The molecule has 1 aliphatic heterocycles. The number of aromatic nitrogens is 1. The molecule has 3 amide bonds. The van der Waals surface area contributed by atoms with Crippen LogP contribution in [0.5, 0.6) is 0 Å². The number of aryl methyl sites for hydroxylation is 2. The highest BCUT2D eigenvalue weighted by molar-refractivity contribution is 5.79. The first-order chi connectivity index (χ1) is 12.1. The van der Waals surface area contributed by atoms with Crippen molar-refractivity contribution in [3.8, 4) is 0 Å². The molecule has 0 aromatic carbocycles. The average Bonchev–Trinajstić information content (AvgIpc) is 2.98. The molecular formula is C18H28N4O3. The summed E-state index contributed by atoms with van der Waals surface area (Å²) in [4.78, 5) is 28.6. The highest BCUT2D eigenvalue weighted by Gasteiger charge is 2.29. The highest BCUT2D eigenvalue weighted by atomic mass is 16.5. The minimum atomic E-state index is -0.0928. The first kappa shape index (κ1) is 17.8. The van der Waals surface area contributed by atoms with Crippen LogP contribution in [-0.4, -0.2) is 53.1 Å². The number of nitrogens with one attached hydrogen (secondary N) is 1. The van der Waals surface area contributed by atoms with E-state index in [4.69, 9.17) is 4.52 Å². The van der Waals surface area contributed by atoms with E-state index in [0.717, 1.165) is 29.9 Å². The molecule has 7 heteroatoms. The molecule has 1 aliphatic carbocycles. The summed E-state index contributed by atoms with van der Waals surface area (Å²) in [6.07, 6.45) is 5.64. The molecule has 0 radical (unpaired) electrons.